The van der Waals surface area contributed by atoms with E-state index in [-0.39, 0.29) is 5.41 Å². The van der Waals surface area contributed by atoms with Crippen molar-refractivity contribution < 1.29 is 13.6 Å². The lowest BCUT2D eigenvalue weighted by molar-refractivity contribution is -0.111. The molecular weight excluding hydrogens is 172 g/mol. The Bertz CT molecular complexity index is 162. The minimum absolute atomic E-state index is 0.0429. The number of carbonyl (C=O) groups is 1. The van der Waals surface area contributed by atoms with Crippen LogP contribution in [0.1, 0.15) is 20.8 Å². The summed E-state index contributed by atoms with van der Waals surface area (Å²) in [4.78, 5) is 11.3. The zero-order chi connectivity index (χ0) is 9.56. The van der Waals surface area contributed by atoms with Gasteiger partial charge in [-0.05, 0) is 26.3 Å². The van der Waals surface area contributed by atoms with Gasteiger partial charge in [0.15, 0.2) is 5.41 Å². The molecule has 0 saturated heterocycles. The van der Waals surface area contributed by atoms with Gasteiger partial charge in [-0.15, -0.1) is 0 Å². The van der Waals surface area contributed by atoms with Crippen molar-refractivity contribution in [2.75, 3.05) is 13.2 Å². The first-order valence-corrected chi connectivity index (χ1v) is 5.58. The monoisotopic (exact) mass is 188 g/mol. The van der Waals surface area contributed by atoms with Crippen molar-refractivity contribution in [3.8, 4) is 0 Å². The average Bonchev–Trinajstić information content (AvgIpc) is 2.03. The van der Waals surface area contributed by atoms with Gasteiger partial charge < -0.3 is 8.85 Å². The highest BCUT2D eigenvalue weighted by molar-refractivity contribution is 6.83. The highest BCUT2D eigenvalue weighted by Crippen LogP contribution is 1.99. The van der Waals surface area contributed by atoms with Crippen molar-refractivity contribution >= 4 is 14.7 Å². The normalized spacial score (nSPS) is 10.3. The molecule has 0 aliphatic heterocycles. The van der Waals surface area contributed by atoms with Crippen LogP contribution in [0.5, 0.6) is 0 Å². The van der Waals surface area contributed by atoms with Gasteiger partial charge in [0.1, 0.15) is 0 Å². The van der Waals surface area contributed by atoms with Crippen LogP contribution in [-0.2, 0) is 13.6 Å². The Balaban J connectivity index is 4.08. The minimum atomic E-state index is -2.12. The smallest absolute Gasteiger partial charge is 0.392 e. The van der Waals surface area contributed by atoms with E-state index in [0.29, 0.717) is 18.8 Å². The Morgan fingerprint density at radius 3 is 2.00 bits per heavy atom. The largest absolute Gasteiger partial charge is 0.399 e. The van der Waals surface area contributed by atoms with Crippen molar-refractivity contribution in [3.63, 3.8) is 0 Å². The van der Waals surface area contributed by atoms with E-state index in [1.165, 1.54) is 0 Å². The Morgan fingerprint density at radius 1 is 1.33 bits per heavy atom. The lowest BCUT2D eigenvalue weighted by Crippen LogP contribution is -2.33. The van der Waals surface area contributed by atoms with Gasteiger partial charge in [0.05, 0.1) is 0 Å². The van der Waals surface area contributed by atoms with Gasteiger partial charge in [0.2, 0.25) is 0 Å². The third-order valence-corrected chi connectivity index (χ3v) is 3.46. The summed E-state index contributed by atoms with van der Waals surface area (Å²) < 4.78 is 10.4. The molecule has 0 saturated carbocycles. The summed E-state index contributed by atoms with van der Waals surface area (Å²) >= 11 is 0. The Kier molecular flexibility index (Phi) is 5.88. The molecule has 12 heavy (non-hydrogen) atoms. The Morgan fingerprint density at radius 2 is 1.75 bits per heavy atom. The van der Waals surface area contributed by atoms with Crippen molar-refractivity contribution in [1.82, 2.24) is 0 Å². The molecule has 0 aromatic carbocycles. The van der Waals surface area contributed by atoms with Gasteiger partial charge in [-0.25, -0.2) is 0 Å². The summed E-state index contributed by atoms with van der Waals surface area (Å²) in [6.07, 6.45) is 0. The second-order valence-electron chi connectivity index (χ2n) is 2.39. The first-order valence-electron chi connectivity index (χ1n) is 4.06. The minimum Gasteiger partial charge on any atom is -0.392 e. The maximum atomic E-state index is 11.3. The van der Waals surface area contributed by atoms with E-state index in [1.54, 1.807) is 6.92 Å². The molecule has 0 aliphatic rings. The van der Waals surface area contributed by atoms with Gasteiger partial charge in [0.25, 0.3) is 0 Å². The van der Waals surface area contributed by atoms with Gasteiger partial charge in [-0.1, -0.05) is 6.58 Å². The molecule has 0 bridgehead atoms. The molecule has 0 aromatic heterocycles. The second kappa shape index (κ2) is 6.11. The SMILES string of the molecule is C=C(C)C(=O)[SiH](OCC)OCC. The molecule has 0 heterocycles. The summed E-state index contributed by atoms with van der Waals surface area (Å²) in [6, 6.07) is 0. The number of carbonyl (C=O) groups excluding carboxylic acids is 1. The number of hydrogen-bond acceptors (Lipinski definition) is 3. The summed E-state index contributed by atoms with van der Waals surface area (Å²) in [6.45, 7) is 10.00. The number of allylic oxidation sites excluding steroid dienone is 1. The fourth-order valence-electron chi connectivity index (χ4n) is 0.703. The van der Waals surface area contributed by atoms with E-state index in [2.05, 4.69) is 6.58 Å². The van der Waals surface area contributed by atoms with E-state index in [9.17, 15) is 4.79 Å². The fraction of sp³-hybridized carbons (Fsp3) is 0.625. The van der Waals surface area contributed by atoms with Crippen molar-refractivity contribution in [2.24, 2.45) is 0 Å². The lowest BCUT2D eigenvalue weighted by Gasteiger charge is -2.12. The predicted octanol–water partition coefficient (Wildman–Crippen LogP) is 0.964. The van der Waals surface area contributed by atoms with Crippen molar-refractivity contribution in [3.05, 3.63) is 12.2 Å². The predicted molar refractivity (Wildman–Crippen MR) is 50.2 cm³/mol. The maximum Gasteiger partial charge on any atom is 0.399 e. The quantitative estimate of drug-likeness (QED) is 0.460. The summed E-state index contributed by atoms with van der Waals surface area (Å²) in [5.41, 5.74) is 0.522. The molecule has 0 atom stereocenters. The van der Waals surface area contributed by atoms with Crippen LogP contribution in [0.3, 0.4) is 0 Å². The molecule has 0 fully saturated rings. The van der Waals surface area contributed by atoms with E-state index < -0.39 is 9.28 Å². The van der Waals surface area contributed by atoms with Gasteiger partial charge >= 0.3 is 9.28 Å². The molecule has 0 unspecified atom stereocenters. The van der Waals surface area contributed by atoms with E-state index in [1.807, 2.05) is 13.8 Å². The standard InChI is InChI=1S/C8H16O3Si/c1-5-10-12(11-6-2)8(9)7(3)4/h12H,3,5-6H2,1-2,4H3. The van der Waals surface area contributed by atoms with Crippen molar-refractivity contribution in [2.45, 2.75) is 20.8 Å². The molecule has 0 radical (unpaired) electrons. The highest BCUT2D eigenvalue weighted by atomic mass is 28.3. The third kappa shape index (κ3) is 3.80. The maximum absolute atomic E-state index is 11.3. The average molecular weight is 188 g/mol. The summed E-state index contributed by atoms with van der Waals surface area (Å²) in [5.74, 6) is 0. The highest BCUT2D eigenvalue weighted by Gasteiger charge is 2.22. The lowest BCUT2D eigenvalue weighted by atomic mass is 10.4. The summed E-state index contributed by atoms with van der Waals surface area (Å²) in [7, 11) is -2.12. The molecule has 0 rings (SSSR count). The van der Waals surface area contributed by atoms with Crippen LogP contribution in [0.15, 0.2) is 12.2 Å². The zero-order valence-electron chi connectivity index (χ0n) is 7.92. The fourth-order valence-corrected chi connectivity index (χ4v) is 2.11. The topological polar surface area (TPSA) is 35.5 Å². The van der Waals surface area contributed by atoms with Crippen LogP contribution >= 0.6 is 0 Å². The Hall–Kier alpha value is -0.453. The van der Waals surface area contributed by atoms with Gasteiger partial charge in [-0.2, -0.15) is 0 Å². The molecule has 70 valence electrons. The molecule has 0 N–H and O–H groups in total. The zero-order valence-corrected chi connectivity index (χ0v) is 9.08. The molecule has 0 spiro atoms. The van der Waals surface area contributed by atoms with Crippen LogP contribution in [0.25, 0.3) is 0 Å². The van der Waals surface area contributed by atoms with Crippen LogP contribution in [-0.4, -0.2) is 27.9 Å². The first kappa shape index (κ1) is 11.5. The van der Waals surface area contributed by atoms with Crippen molar-refractivity contribution in [1.29, 1.82) is 0 Å². The number of rotatable bonds is 6. The van der Waals surface area contributed by atoms with Crippen LogP contribution in [0.4, 0.5) is 0 Å². The van der Waals surface area contributed by atoms with Crippen LogP contribution < -0.4 is 0 Å². The summed E-state index contributed by atoms with van der Waals surface area (Å²) in [5, 5.41) is -0.0429. The van der Waals surface area contributed by atoms with E-state index in [4.69, 9.17) is 8.85 Å². The molecule has 0 amide bonds. The number of hydrogen-bond donors (Lipinski definition) is 0. The van der Waals surface area contributed by atoms with E-state index >= 15 is 0 Å². The van der Waals surface area contributed by atoms with Crippen LogP contribution in [0.2, 0.25) is 0 Å². The first-order chi connectivity index (χ1) is 5.63. The van der Waals surface area contributed by atoms with E-state index in [0.717, 1.165) is 0 Å². The second-order valence-corrected chi connectivity index (χ2v) is 4.24. The Labute approximate surface area is 75.2 Å². The van der Waals surface area contributed by atoms with Gasteiger partial charge in [-0.3, -0.25) is 4.79 Å². The molecule has 0 aliphatic carbocycles. The molecule has 3 nitrogen and oxygen atoms in total. The molecular formula is C8H16O3Si. The molecule has 0 aromatic rings. The molecule has 4 heteroatoms. The van der Waals surface area contributed by atoms with Crippen LogP contribution in [0, 0.1) is 0 Å². The van der Waals surface area contributed by atoms with Gasteiger partial charge in [0, 0.05) is 13.2 Å². The third-order valence-electron chi connectivity index (χ3n) is 1.27.